The number of hydrogen-bond acceptors (Lipinski definition) is 5. The molecule has 1 aliphatic rings. The summed E-state index contributed by atoms with van der Waals surface area (Å²) in [6.07, 6.45) is 7.71. The average molecular weight is 341 g/mol. The SMILES string of the molecule is Cc1nc(-c2ncccn2)[nH]c(=O)c1CC(=O)N[C@@H]1CCCC[C@H]1C. The summed E-state index contributed by atoms with van der Waals surface area (Å²) in [6, 6.07) is 1.89. The Bertz CT molecular complexity index is 803. The maximum Gasteiger partial charge on any atom is 0.255 e. The molecule has 2 heterocycles. The van der Waals surface area contributed by atoms with Gasteiger partial charge in [-0.3, -0.25) is 9.59 Å². The standard InChI is InChI=1S/C18H23N5O2/c1-11-6-3-4-7-14(11)22-15(24)10-13-12(2)21-17(23-18(13)25)16-19-8-5-9-20-16/h5,8-9,11,14H,3-4,6-7,10H2,1-2H3,(H,22,24)(H,21,23,25)/t11-,14-/m1/s1. The molecule has 25 heavy (non-hydrogen) atoms. The monoisotopic (exact) mass is 341 g/mol. The number of carbonyl (C=O) groups excluding carboxylic acids is 1. The Balaban J connectivity index is 1.74. The molecule has 1 fully saturated rings. The number of H-pyrrole nitrogens is 1. The molecule has 2 N–H and O–H groups in total. The van der Waals surface area contributed by atoms with Gasteiger partial charge in [0.25, 0.3) is 5.56 Å². The molecule has 0 radical (unpaired) electrons. The van der Waals surface area contributed by atoms with E-state index >= 15 is 0 Å². The van der Waals surface area contributed by atoms with Crippen molar-refractivity contribution in [3.05, 3.63) is 40.1 Å². The number of aryl methyl sites for hydroxylation is 1. The van der Waals surface area contributed by atoms with Gasteiger partial charge in [-0.2, -0.15) is 0 Å². The van der Waals surface area contributed by atoms with Gasteiger partial charge < -0.3 is 10.3 Å². The van der Waals surface area contributed by atoms with E-state index in [2.05, 4.69) is 32.2 Å². The highest BCUT2D eigenvalue weighted by Crippen LogP contribution is 2.23. The quantitative estimate of drug-likeness (QED) is 0.883. The molecule has 2 aromatic heterocycles. The topological polar surface area (TPSA) is 101 Å². The molecule has 0 aromatic carbocycles. The average Bonchev–Trinajstić information content (AvgIpc) is 2.61. The summed E-state index contributed by atoms with van der Waals surface area (Å²) in [5.74, 6) is 1.02. The van der Waals surface area contributed by atoms with Gasteiger partial charge >= 0.3 is 0 Å². The van der Waals surface area contributed by atoms with Gasteiger partial charge in [0.1, 0.15) is 0 Å². The first-order valence-electron chi connectivity index (χ1n) is 8.71. The Morgan fingerprint density at radius 3 is 2.68 bits per heavy atom. The number of aromatic amines is 1. The molecule has 3 rings (SSSR count). The fraction of sp³-hybridized carbons (Fsp3) is 0.500. The van der Waals surface area contributed by atoms with Crippen molar-refractivity contribution >= 4 is 5.91 Å². The van der Waals surface area contributed by atoms with E-state index in [-0.39, 0.29) is 23.9 Å². The van der Waals surface area contributed by atoms with Crippen molar-refractivity contribution in [2.24, 2.45) is 5.92 Å². The van der Waals surface area contributed by atoms with E-state index in [1.807, 2.05) is 0 Å². The lowest BCUT2D eigenvalue weighted by molar-refractivity contribution is -0.121. The third kappa shape index (κ3) is 4.10. The van der Waals surface area contributed by atoms with Crippen LogP contribution in [0.2, 0.25) is 0 Å². The van der Waals surface area contributed by atoms with E-state index in [0.717, 1.165) is 19.3 Å². The van der Waals surface area contributed by atoms with E-state index in [1.54, 1.807) is 25.4 Å². The van der Waals surface area contributed by atoms with Crippen LogP contribution in [0.4, 0.5) is 0 Å². The van der Waals surface area contributed by atoms with Gasteiger partial charge in [-0.15, -0.1) is 0 Å². The maximum atomic E-state index is 12.4. The molecule has 7 heteroatoms. The van der Waals surface area contributed by atoms with Crippen LogP contribution in [-0.2, 0) is 11.2 Å². The van der Waals surface area contributed by atoms with E-state index < -0.39 is 0 Å². The first-order chi connectivity index (χ1) is 12.0. The first kappa shape index (κ1) is 17.3. The van der Waals surface area contributed by atoms with Crippen LogP contribution in [0.1, 0.15) is 43.9 Å². The summed E-state index contributed by atoms with van der Waals surface area (Å²) in [4.78, 5) is 40.0. The number of aromatic nitrogens is 4. The van der Waals surface area contributed by atoms with Gasteiger partial charge in [0.2, 0.25) is 5.91 Å². The summed E-state index contributed by atoms with van der Waals surface area (Å²) in [7, 11) is 0. The highest BCUT2D eigenvalue weighted by Gasteiger charge is 2.23. The number of nitrogens with zero attached hydrogens (tertiary/aromatic N) is 3. The highest BCUT2D eigenvalue weighted by molar-refractivity contribution is 5.79. The van der Waals surface area contributed by atoms with Crippen LogP contribution >= 0.6 is 0 Å². The summed E-state index contributed by atoms with van der Waals surface area (Å²) in [6.45, 7) is 3.89. The molecule has 0 bridgehead atoms. The van der Waals surface area contributed by atoms with Gasteiger partial charge in [-0.25, -0.2) is 15.0 Å². The minimum atomic E-state index is -0.318. The fourth-order valence-corrected chi connectivity index (χ4v) is 3.29. The first-order valence-corrected chi connectivity index (χ1v) is 8.71. The number of carbonyl (C=O) groups is 1. The molecular formula is C18H23N5O2. The highest BCUT2D eigenvalue weighted by atomic mass is 16.2. The Hall–Kier alpha value is -2.57. The molecule has 0 aliphatic heterocycles. The molecule has 2 aromatic rings. The van der Waals surface area contributed by atoms with Gasteiger partial charge in [-0.05, 0) is 31.7 Å². The molecule has 0 saturated heterocycles. The molecular weight excluding hydrogens is 318 g/mol. The molecule has 1 aliphatic carbocycles. The van der Waals surface area contributed by atoms with Crippen molar-refractivity contribution in [2.75, 3.05) is 0 Å². The lowest BCUT2D eigenvalue weighted by atomic mass is 9.86. The van der Waals surface area contributed by atoms with Gasteiger partial charge in [0, 0.05) is 29.7 Å². The lowest BCUT2D eigenvalue weighted by Gasteiger charge is -2.29. The summed E-state index contributed by atoms with van der Waals surface area (Å²) >= 11 is 0. The minimum Gasteiger partial charge on any atom is -0.353 e. The zero-order chi connectivity index (χ0) is 17.8. The third-order valence-corrected chi connectivity index (χ3v) is 4.80. The smallest absolute Gasteiger partial charge is 0.255 e. The molecule has 132 valence electrons. The zero-order valence-corrected chi connectivity index (χ0v) is 14.6. The normalized spacial score (nSPS) is 20.2. The molecule has 2 atom stereocenters. The summed E-state index contributed by atoms with van der Waals surface area (Å²) in [5, 5.41) is 3.07. The number of amides is 1. The number of rotatable bonds is 4. The second-order valence-corrected chi connectivity index (χ2v) is 6.66. The molecule has 1 saturated carbocycles. The van der Waals surface area contributed by atoms with Crippen molar-refractivity contribution in [3.63, 3.8) is 0 Å². The van der Waals surface area contributed by atoms with Crippen molar-refractivity contribution in [3.8, 4) is 11.6 Å². The predicted molar refractivity (Wildman–Crippen MR) is 93.9 cm³/mol. The zero-order valence-electron chi connectivity index (χ0n) is 14.6. The van der Waals surface area contributed by atoms with Gasteiger partial charge in [0.15, 0.2) is 11.6 Å². The van der Waals surface area contributed by atoms with E-state index in [4.69, 9.17) is 0 Å². The van der Waals surface area contributed by atoms with Crippen molar-refractivity contribution in [2.45, 2.75) is 52.0 Å². The molecule has 7 nitrogen and oxygen atoms in total. The van der Waals surface area contributed by atoms with Crippen molar-refractivity contribution < 1.29 is 4.79 Å². The summed E-state index contributed by atoms with van der Waals surface area (Å²) < 4.78 is 0. The molecule has 0 spiro atoms. The Kier molecular flexibility index (Phi) is 5.21. The van der Waals surface area contributed by atoms with Gasteiger partial charge in [-0.1, -0.05) is 19.8 Å². The van der Waals surface area contributed by atoms with E-state index in [0.29, 0.717) is 28.8 Å². The van der Waals surface area contributed by atoms with Crippen LogP contribution in [0, 0.1) is 12.8 Å². The Labute approximate surface area is 146 Å². The van der Waals surface area contributed by atoms with Crippen LogP contribution in [0.5, 0.6) is 0 Å². The third-order valence-electron chi connectivity index (χ3n) is 4.80. The lowest BCUT2D eigenvalue weighted by Crippen LogP contribution is -2.42. The van der Waals surface area contributed by atoms with Crippen LogP contribution < -0.4 is 10.9 Å². The van der Waals surface area contributed by atoms with Crippen LogP contribution in [0.25, 0.3) is 11.6 Å². The predicted octanol–water partition coefficient (Wildman–Crippen LogP) is 1.77. The second kappa shape index (κ2) is 7.55. The maximum absolute atomic E-state index is 12.4. The Morgan fingerprint density at radius 2 is 2.00 bits per heavy atom. The minimum absolute atomic E-state index is 0.0350. The molecule has 0 unspecified atom stereocenters. The van der Waals surface area contributed by atoms with Crippen LogP contribution in [0.3, 0.4) is 0 Å². The number of nitrogens with one attached hydrogen (secondary N) is 2. The number of hydrogen-bond donors (Lipinski definition) is 2. The van der Waals surface area contributed by atoms with Crippen LogP contribution in [-0.4, -0.2) is 31.9 Å². The van der Waals surface area contributed by atoms with Crippen molar-refractivity contribution in [1.29, 1.82) is 0 Å². The van der Waals surface area contributed by atoms with Crippen molar-refractivity contribution in [1.82, 2.24) is 25.3 Å². The largest absolute Gasteiger partial charge is 0.353 e. The second-order valence-electron chi connectivity index (χ2n) is 6.66. The Morgan fingerprint density at radius 1 is 1.28 bits per heavy atom. The molecule has 1 amide bonds. The summed E-state index contributed by atoms with van der Waals surface area (Å²) in [5.41, 5.74) is 0.598. The van der Waals surface area contributed by atoms with Crippen LogP contribution in [0.15, 0.2) is 23.3 Å². The fourth-order valence-electron chi connectivity index (χ4n) is 3.29. The van der Waals surface area contributed by atoms with Gasteiger partial charge in [0.05, 0.1) is 6.42 Å². The van der Waals surface area contributed by atoms with E-state index in [9.17, 15) is 9.59 Å². The van der Waals surface area contributed by atoms with E-state index in [1.165, 1.54) is 6.42 Å².